The van der Waals surface area contributed by atoms with Gasteiger partial charge < -0.3 is 9.15 Å². The first kappa shape index (κ1) is 14.9. The van der Waals surface area contributed by atoms with Gasteiger partial charge in [-0.15, -0.1) is 10.2 Å². The Morgan fingerprint density at radius 3 is 2.24 bits per heavy atom. The van der Waals surface area contributed by atoms with Crippen molar-refractivity contribution in [3.05, 3.63) is 46.7 Å². The van der Waals surface area contributed by atoms with Crippen LogP contribution in [0.15, 0.2) is 10.5 Å². The number of rotatable bonds is 3. The molecule has 0 spiro atoms. The monoisotopic (exact) mass is 304 g/mol. The molecule has 2 aromatic rings. The number of esters is 1. The maximum absolute atomic E-state index is 13.4. The largest absolute Gasteiger partial charge is 0.449 e. The summed E-state index contributed by atoms with van der Waals surface area (Å²) < 4.78 is 62.5. The molecular weight excluding hydrogens is 296 g/mol. The van der Waals surface area contributed by atoms with Crippen LogP contribution in [-0.2, 0) is 4.74 Å². The van der Waals surface area contributed by atoms with Crippen LogP contribution in [0, 0.1) is 30.2 Å². The van der Waals surface area contributed by atoms with Crippen LogP contribution in [0.25, 0.3) is 0 Å². The van der Waals surface area contributed by atoms with Gasteiger partial charge in [0.25, 0.3) is 5.89 Å². The molecule has 1 aromatic heterocycles. The normalized spacial score (nSPS) is 12.3. The molecule has 0 amide bonds. The summed E-state index contributed by atoms with van der Waals surface area (Å²) in [5, 5.41) is 7.02. The minimum absolute atomic E-state index is 0.00770. The summed E-state index contributed by atoms with van der Waals surface area (Å²) >= 11 is 0. The zero-order valence-electron chi connectivity index (χ0n) is 10.8. The highest BCUT2D eigenvalue weighted by molar-refractivity contribution is 5.90. The number of carbonyl (C=O) groups excluding carboxylic acids is 1. The van der Waals surface area contributed by atoms with Crippen molar-refractivity contribution >= 4 is 5.97 Å². The summed E-state index contributed by atoms with van der Waals surface area (Å²) in [7, 11) is 0. The molecule has 5 nitrogen and oxygen atoms in total. The molecule has 0 saturated carbocycles. The van der Waals surface area contributed by atoms with E-state index in [9.17, 15) is 22.4 Å². The van der Waals surface area contributed by atoms with Gasteiger partial charge in [-0.05, 0) is 6.92 Å². The molecule has 0 bridgehead atoms. The highest BCUT2D eigenvalue weighted by Gasteiger charge is 2.28. The van der Waals surface area contributed by atoms with Crippen molar-refractivity contribution in [3.63, 3.8) is 0 Å². The fourth-order valence-electron chi connectivity index (χ4n) is 1.50. The van der Waals surface area contributed by atoms with E-state index in [0.717, 1.165) is 0 Å². The molecule has 112 valence electrons. The molecule has 0 saturated heterocycles. The number of aryl methyl sites for hydroxylation is 1. The third kappa shape index (κ3) is 2.86. The van der Waals surface area contributed by atoms with Gasteiger partial charge in [-0.3, -0.25) is 0 Å². The van der Waals surface area contributed by atoms with Crippen LogP contribution in [0.1, 0.15) is 35.2 Å². The summed E-state index contributed by atoms with van der Waals surface area (Å²) in [5.74, 6) is -8.63. The van der Waals surface area contributed by atoms with E-state index in [1.807, 2.05) is 0 Å². The van der Waals surface area contributed by atoms with Crippen LogP contribution in [0.2, 0.25) is 0 Å². The number of nitrogens with zero attached hydrogens (tertiary/aromatic N) is 2. The second-order valence-electron chi connectivity index (χ2n) is 4.05. The van der Waals surface area contributed by atoms with Crippen molar-refractivity contribution in [3.8, 4) is 0 Å². The van der Waals surface area contributed by atoms with Gasteiger partial charge >= 0.3 is 5.97 Å². The van der Waals surface area contributed by atoms with Gasteiger partial charge in [0.1, 0.15) is 5.56 Å². The van der Waals surface area contributed by atoms with Crippen LogP contribution in [0.5, 0.6) is 0 Å². The molecule has 9 heteroatoms. The van der Waals surface area contributed by atoms with Gasteiger partial charge in [0.15, 0.2) is 29.4 Å². The van der Waals surface area contributed by atoms with E-state index >= 15 is 0 Å². The van der Waals surface area contributed by atoms with E-state index in [-0.39, 0.29) is 17.8 Å². The Morgan fingerprint density at radius 1 is 1.19 bits per heavy atom. The Hall–Kier alpha value is -2.45. The summed E-state index contributed by atoms with van der Waals surface area (Å²) in [6.07, 6.45) is -1.15. The third-order valence-electron chi connectivity index (χ3n) is 2.49. The summed E-state index contributed by atoms with van der Waals surface area (Å²) in [4.78, 5) is 11.7. The van der Waals surface area contributed by atoms with Gasteiger partial charge in [0.2, 0.25) is 5.89 Å². The average Bonchev–Trinajstić information content (AvgIpc) is 2.83. The van der Waals surface area contributed by atoms with E-state index in [4.69, 9.17) is 4.42 Å². The van der Waals surface area contributed by atoms with E-state index in [1.165, 1.54) is 13.8 Å². The van der Waals surface area contributed by atoms with Crippen LogP contribution in [-0.4, -0.2) is 16.2 Å². The topological polar surface area (TPSA) is 65.2 Å². The Balaban J connectivity index is 2.29. The molecule has 1 atom stereocenters. The third-order valence-corrected chi connectivity index (χ3v) is 2.49. The first-order valence-electron chi connectivity index (χ1n) is 5.65. The molecule has 0 N–H and O–H groups in total. The van der Waals surface area contributed by atoms with Crippen molar-refractivity contribution in [1.82, 2.24) is 10.2 Å². The molecule has 21 heavy (non-hydrogen) atoms. The number of hydrogen-bond donors (Lipinski definition) is 0. The van der Waals surface area contributed by atoms with Crippen LogP contribution < -0.4 is 0 Å². The Labute approximate surface area is 115 Å². The lowest BCUT2D eigenvalue weighted by Crippen LogP contribution is -2.15. The summed E-state index contributed by atoms with van der Waals surface area (Å²) in [6, 6.07) is -0.00770. The molecule has 0 aliphatic rings. The second-order valence-corrected chi connectivity index (χ2v) is 4.05. The number of ether oxygens (including phenoxy) is 1. The van der Waals surface area contributed by atoms with Crippen molar-refractivity contribution in [2.45, 2.75) is 20.0 Å². The molecule has 1 heterocycles. The van der Waals surface area contributed by atoms with Crippen molar-refractivity contribution in [1.29, 1.82) is 0 Å². The van der Waals surface area contributed by atoms with Crippen molar-refractivity contribution in [2.24, 2.45) is 0 Å². The molecule has 2 rings (SSSR count). The molecule has 0 aliphatic heterocycles. The predicted molar refractivity (Wildman–Crippen MR) is 59.1 cm³/mol. The van der Waals surface area contributed by atoms with Crippen LogP contribution in [0.4, 0.5) is 17.6 Å². The molecule has 0 fully saturated rings. The van der Waals surface area contributed by atoms with E-state index in [1.54, 1.807) is 0 Å². The fraction of sp³-hybridized carbons (Fsp3) is 0.250. The zero-order chi connectivity index (χ0) is 15.7. The first-order chi connectivity index (χ1) is 9.81. The number of carbonyl (C=O) groups is 1. The minimum Gasteiger partial charge on any atom is -0.449 e. The molecular formula is C12H8F4N2O3. The number of hydrogen-bond acceptors (Lipinski definition) is 5. The maximum Gasteiger partial charge on any atom is 0.345 e. The minimum atomic E-state index is -1.84. The second kappa shape index (κ2) is 5.51. The highest BCUT2D eigenvalue weighted by atomic mass is 19.2. The van der Waals surface area contributed by atoms with Crippen molar-refractivity contribution < 1.29 is 31.5 Å². The average molecular weight is 304 g/mol. The molecule has 1 aromatic carbocycles. The number of aromatic nitrogens is 2. The van der Waals surface area contributed by atoms with Crippen LogP contribution in [0.3, 0.4) is 0 Å². The smallest absolute Gasteiger partial charge is 0.345 e. The number of halogens is 4. The van der Waals surface area contributed by atoms with Gasteiger partial charge in [-0.1, -0.05) is 0 Å². The Kier molecular flexibility index (Phi) is 3.92. The zero-order valence-corrected chi connectivity index (χ0v) is 10.8. The Morgan fingerprint density at radius 2 is 1.76 bits per heavy atom. The highest BCUT2D eigenvalue weighted by Crippen LogP contribution is 2.23. The SMILES string of the molecule is Cc1nnc([C@H](C)OC(=O)c2c(F)c(F)cc(F)c2F)o1. The van der Waals surface area contributed by atoms with Gasteiger partial charge in [0, 0.05) is 13.0 Å². The fourth-order valence-corrected chi connectivity index (χ4v) is 1.50. The molecule has 0 unspecified atom stereocenters. The molecule has 0 radical (unpaired) electrons. The van der Waals surface area contributed by atoms with E-state index < -0.39 is 40.9 Å². The van der Waals surface area contributed by atoms with Crippen LogP contribution >= 0.6 is 0 Å². The van der Waals surface area contributed by atoms with Gasteiger partial charge in [-0.25, -0.2) is 22.4 Å². The van der Waals surface area contributed by atoms with Gasteiger partial charge in [0.05, 0.1) is 0 Å². The quantitative estimate of drug-likeness (QED) is 0.495. The number of benzene rings is 1. The summed E-state index contributed by atoms with van der Waals surface area (Å²) in [5.41, 5.74) is -1.46. The van der Waals surface area contributed by atoms with E-state index in [2.05, 4.69) is 14.9 Å². The van der Waals surface area contributed by atoms with Gasteiger partial charge in [-0.2, -0.15) is 0 Å². The lowest BCUT2D eigenvalue weighted by atomic mass is 10.2. The maximum atomic E-state index is 13.4. The summed E-state index contributed by atoms with van der Waals surface area (Å²) in [6.45, 7) is 2.77. The first-order valence-corrected chi connectivity index (χ1v) is 5.65. The molecule has 0 aliphatic carbocycles. The predicted octanol–water partition coefficient (Wildman–Crippen LogP) is 2.85. The lowest BCUT2D eigenvalue weighted by molar-refractivity contribution is 0.0263. The Bertz CT molecular complexity index is 676. The van der Waals surface area contributed by atoms with Crippen molar-refractivity contribution in [2.75, 3.05) is 0 Å². The standard InChI is InChI=1S/C12H8F4N2O3/c1-4(11-18-17-5(2)21-11)20-12(19)8-9(15)6(13)3-7(14)10(8)16/h3-4H,1-2H3/t4-/m0/s1. The lowest BCUT2D eigenvalue weighted by Gasteiger charge is -2.11. The van der Waals surface area contributed by atoms with E-state index in [0.29, 0.717) is 0 Å².